The average Bonchev–Trinajstić information content (AvgIpc) is 2.37. The molecular weight excluding hydrogens is 306 g/mol. The van der Waals surface area contributed by atoms with Crippen molar-refractivity contribution in [3.05, 3.63) is 28.2 Å². The van der Waals surface area contributed by atoms with Gasteiger partial charge in [-0.1, -0.05) is 21.9 Å². The molecule has 0 bridgehead atoms. The molecule has 1 N–H and O–H groups in total. The summed E-state index contributed by atoms with van der Waals surface area (Å²) in [5, 5.41) is 3.32. The van der Waals surface area contributed by atoms with Gasteiger partial charge in [0.05, 0.1) is 12.7 Å². The van der Waals surface area contributed by atoms with Crippen LogP contribution in [0.25, 0.3) is 0 Å². The van der Waals surface area contributed by atoms with Crippen LogP contribution in [0.5, 0.6) is 5.75 Å². The molecule has 0 saturated carbocycles. The second-order valence-corrected chi connectivity index (χ2v) is 5.26. The van der Waals surface area contributed by atoms with Crippen LogP contribution >= 0.6 is 15.9 Å². The van der Waals surface area contributed by atoms with Crippen LogP contribution < -0.4 is 10.1 Å². The van der Waals surface area contributed by atoms with Crippen molar-refractivity contribution in [3.8, 4) is 18.1 Å². The molecule has 0 aromatic heterocycles. The number of benzene rings is 1. The smallest absolute Gasteiger partial charge is 0.148 e. The Morgan fingerprint density at radius 1 is 1.42 bits per heavy atom. The van der Waals surface area contributed by atoms with E-state index >= 15 is 0 Å². The molecule has 19 heavy (non-hydrogen) atoms. The molecule has 0 aliphatic carbocycles. The zero-order chi connectivity index (χ0) is 14.1. The summed E-state index contributed by atoms with van der Waals surface area (Å²) in [5.74, 6) is 3.29. The van der Waals surface area contributed by atoms with Gasteiger partial charge in [0.2, 0.25) is 0 Å². The summed E-state index contributed by atoms with van der Waals surface area (Å²) >= 11 is 3.46. The van der Waals surface area contributed by atoms with E-state index in [9.17, 15) is 0 Å². The molecule has 1 rings (SSSR count). The van der Waals surface area contributed by atoms with Crippen LogP contribution in [0.2, 0.25) is 0 Å². The zero-order valence-electron chi connectivity index (χ0n) is 11.4. The summed E-state index contributed by atoms with van der Waals surface area (Å²) in [7, 11) is 0. The van der Waals surface area contributed by atoms with E-state index in [2.05, 4.69) is 27.2 Å². The Balaban J connectivity index is 2.46. The minimum absolute atomic E-state index is 0.266. The minimum Gasteiger partial charge on any atom is -0.481 e. The topological polar surface area (TPSA) is 30.5 Å². The van der Waals surface area contributed by atoms with Gasteiger partial charge in [0.1, 0.15) is 12.4 Å². The molecule has 0 heterocycles. The molecule has 0 radical (unpaired) electrons. The van der Waals surface area contributed by atoms with Crippen LogP contribution in [0.3, 0.4) is 0 Å². The fourth-order valence-corrected chi connectivity index (χ4v) is 1.94. The Bertz CT molecular complexity index is 427. The molecule has 104 valence electrons. The van der Waals surface area contributed by atoms with Crippen molar-refractivity contribution in [2.75, 3.05) is 19.8 Å². The fourth-order valence-electron chi connectivity index (χ4n) is 1.54. The third-order valence-corrected chi connectivity index (χ3v) is 2.87. The van der Waals surface area contributed by atoms with Crippen LogP contribution in [-0.2, 0) is 11.3 Å². The second kappa shape index (κ2) is 8.98. The molecule has 0 atom stereocenters. The molecule has 0 aliphatic rings. The van der Waals surface area contributed by atoms with Crippen molar-refractivity contribution < 1.29 is 9.47 Å². The van der Waals surface area contributed by atoms with E-state index in [1.807, 2.05) is 32.0 Å². The minimum atomic E-state index is 0.266. The van der Waals surface area contributed by atoms with Gasteiger partial charge in [-0.3, -0.25) is 0 Å². The SMILES string of the molecule is C#CCOc1ccc(Br)cc1CNCCOC(C)C. The maximum Gasteiger partial charge on any atom is 0.148 e. The van der Waals surface area contributed by atoms with E-state index in [0.717, 1.165) is 28.9 Å². The molecule has 1 aromatic carbocycles. The predicted molar refractivity (Wildman–Crippen MR) is 81.3 cm³/mol. The van der Waals surface area contributed by atoms with Crippen LogP contribution in [0, 0.1) is 12.3 Å². The largest absolute Gasteiger partial charge is 0.481 e. The monoisotopic (exact) mass is 325 g/mol. The summed E-state index contributed by atoms with van der Waals surface area (Å²) < 4.78 is 12.0. The van der Waals surface area contributed by atoms with Gasteiger partial charge in [-0.25, -0.2) is 0 Å². The fraction of sp³-hybridized carbons (Fsp3) is 0.467. The van der Waals surface area contributed by atoms with Gasteiger partial charge < -0.3 is 14.8 Å². The molecule has 0 saturated heterocycles. The van der Waals surface area contributed by atoms with E-state index in [0.29, 0.717) is 6.61 Å². The Kier molecular flexibility index (Phi) is 7.57. The third kappa shape index (κ3) is 6.63. The lowest BCUT2D eigenvalue weighted by Gasteiger charge is -2.12. The predicted octanol–water partition coefficient (Wildman–Crippen LogP) is 2.98. The normalized spacial score (nSPS) is 10.5. The standard InChI is InChI=1S/C15H20BrNO2/c1-4-8-19-15-6-5-14(16)10-13(15)11-17-7-9-18-12(2)3/h1,5-6,10,12,17H,7-9,11H2,2-3H3. The lowest BCUT2D eigenvalue weighted by atomic mass is 10.2. The Labute approximate surface area is 123 Å². The lowest BCUT2D eigenvalue weighted by Crippen LogP contribution is -2.21. The van der Waals surface area contributed by atoms with Gasteiger partial charge in [-0.2, -0.15) is 0 Å². The van der Waals surface area contributed by atoms with Gasteiger partial charge >= 0.3 is 0 Å². The first-order chi connectivity index (χ1) is 9.13. The Morgan fingerprint density at radius 3 is 2.89 bits per heavy atom. The Hall–Kier alpha value is -1.02. The second-order valence-electron chi connectivity index (χ2n) is 4.34. The quantitative estimate of drug-likeness (QED) is 0.588. The molecule has 1 aromatic rings. The maximum absolute atomic E-state index is 5.51. The number of hydrogen-bond donors (Lipinski definition) is 1. The van der Waals surface area contributed by atoms with Crippen molar-refractivity contribution in [2.24, 2.45) is 0 Å². The van der Waals surface area contributed by atoms with Crippen molar-refractivity contribution >= 4 is 15.9 Å². The summed E-state index contributed by atoms with van der Waals surface area (Å²) in [6.07, 6.45) is 5.47. The van der Waals surface area contributed by atoms with Crippen molar-refractivity contribution in [1.82, 2.24) is 5.32 Å². The van der Waals surface area contributed by atoms with Crippen LogP contribution in [0.1, 0.15) is 19.4 Å². The van der Waals surface area contributed by atoms with E-state index < -0.39 is 0 Å². The van der Waals surface area contributed by atoms with Gasteiger partial charge in [0.25, 0.3) is 0 Å². The molecule has 4 heteroatoms. The highest BCUT2D eigenvalue weighted by Gasteiger charge is 2.04. The number of nitrogens with one attached hydrogen (secondary N) is 1. The van der Waals surface area contributed by atoms with E-state index in [4.69, 9.17) is 15.9 Å². The summed E-state index contributed by atoms with van der Waals surface area (Å²) in [5.41, 5.74) is 1.08. The highest BCUT2D eigenvalue weighted by Crippen LogP contribution is 2.23. The highest BCUT2D eigenvalue weighted by molar-refractivity contribution is 9.10. The molecule has 0 fully saturated rings. The van der Waals surface area contributed by atoms with E-state index in [1.165, 1.54) is 0 Å². The van der Waals surface area contributed by atoms with Gasteiger partial charge in [0.15, 0.2) is 0 Å². The first kappa shape index (κ1) is 16.0. The number of ether oxygens (including phenoxy) is 2. The van der Waals surface area contributed by atoms with E-state index in [1.54, 1.807) is 0 Å². The van der Waals surface area contributed by atoms with Crippen LogP contribution in [-0.4, -0.2) is 25.9 Å². The number of hydrogen-bond acceptors (Lipinski definition) is 3. The average molecular weight is 326 g/mol. The first-order valence-electron chi connectivity index (χ1n) is 6.30. The van der Waals surface area contributed by atoms with Gasteiger partial charge in [-0.05, 0) is 32.0 Å². The number of terminal acetylenes is 1. The lowest BCUT2D eigenvalue weighted by molar-refractivity contribution is 0.0807. The Morgan fingerprint density at radius 2 is 2.21 bits per heavy atom. The summed E-state index contributed by atoms with van der Waals surface area (Å²) in [6.45, 7) is 6.57. The first-order valence-corrected chi connectivity index (χ1v) is 7.09. The number of halogens is 1. The maximum atomic E-state index is 5.51. The molecule has 3 nitrogen and oxygen atoms in total. The van der Waals surface area contributed by atoms with Gasteiger partial charge in [0, 0.05) is 23.1 Å². The van der Waals surface area contributed by atoms with Crippen molar-refractivity contribution in [1.29, 1.82) is 0 Å². The van der Waals surface area contributed by atoms with Crippen LogP contribution in [0.15, 0.2) is 22.7 Å². The van der Waals surface area contributed by atoms with Crippen molar-refractivity contribution in [2.45, 2.75) is 26.5 Å². The van der Waals surface area contributed by atoms with E-state index in [-0.39, 0.29) is 12.7 Å². The highest BCUT2D eigenvalue weighted by atomic mass is 79.9. The number of rotatable bonds is 8. The third-order valence-electron chi connectivity index (χ3n) is 2.38. The molecular formula is C15H20BrNO2. The molecule has 0 spiro atoms. The van der Waals surface area contributed by atoms with Crippen molar-refractivity contribution in [3.63, 3.8) is 0 Å². The molecule has 0 amide bonds. The molecule has 0 unspecified atom stereocenters. The summed E-state index contributed by atoms with van der Waals surface area (Å²) in [6, 6.07) is 5.89. The van der Waals surface area contributed by atoms with Crippen LogP contribution in [0.4, 0.5) is 0 Å². The summed E-state index contributed by atoms with van der Waals surface area (Å²) in [4.78, 5) is 0. The molecule has 0 aliphatic heterocycles. The van der Waals surface area contributed by atoms with Gasteiger partial charge in [-0.15, -0.1) is 6.42 Å². The zero-order valence-corrected chi connectivity index (χ0v) is 13.0.